The molecule has 1 rings (SSSR count). The smallest absolute Gasteiger partial charge is 0.410 e. The number of esters is 1. The predicted molar refractivity (Wildman–Crippen MR) is 126 cm³/mol. The van der Waals surface area contributed by atoms with Gasteiger partial charge in [-0.2, -0.15) is 0 Å². The third kappa shape index (κ3) is 10.4. The van der Waals surface area contributed by atoms with Crippen LogP contribution < -0.4 is 5.32 Å². The first kappa shape index (κ1) is 27.7. The number of guanidine groups is 1. The van der Waals surface area contributed by atoms with Gasteiger partial charge in [-0.3, -0.25) is 9.79 Å². The molecule has 0 aliphatic carbocycles. The highest BCUT2D eigenvalue weighted by molar-refractivity contribution is 14.0. The molecule has 1 aliphatic heterocycles. The summed E-state index contributed by atoms with van der Waals surface area (Å²) in [6, 6.07) is 0. The Hall–Kier alpha value is -1.26. The average Bonchev–Trinajstić information content (AvgIpc) is 2.61. The number of halogens is 1. The van der Waals surface area contributed by atoms with E-state index in [4.69, 9.17) is 9.47 Å². The van der Waals surface area contributed by atoms with E-state index in [0.29, 0.717) is 26.2 Å². The van der Waals surface area contributed by atoms with Crippen molar-refractivity contribution < 1.29 is 19.1 Å². The number of aliphatic imine (C=N–C) groups is 1. The Kier molecular flexibility index (Phi) is 12.6. The molecule has 0 aromatic heterocycles. The van der Waals surface area contributed by atoms with E-state index in [2.05, 4.69) is 22.1 Å². The topological polar surface area (TPSA) is 83.5 Å². The van der Waals surface area contributed by atoms with Gasteiger partial charge in [0.25, 0.3) is 0 Å². The van der Waals surface area contributed by atoms with E-state index in [0.717, 1.165) is 25.3 Å². The van der Waals surface area contributed by atoms with Crippen LogP contribution in [0.5, 0.6) is 0 Å². The molecule has 8 nitrogen and oxygen atoms in total. The van der Waals surface area contributed by atoms with Crippen molar-refractivity contribution in [2.75, 3.05) is 46.9 Å². The normalized spacial score (nSPS) is 18.4. The summed E-state index contributed by atoms with van der Waals surface area (Å²) in [5.41, 5.74) is -0.501. The number of rotatable bonds is 6. The van der Waals surface area contributed by atoms with Gasteiger partial charge in [-0.05, 0) is 46.5 Å². The summed E-state index contributed by atoms with van der Waals surface area (Å²) in [7, 11) is 3.49. The lowest BCUT2D eigenvalue weighted by Gasteiger charge is -2.34. The van der Waals surface area contributed by atoms with Gasteiger partial charge in [0.15, 0.2) is 5.96 Å². The third-order valence-corrected chi connectivity index (χ3v) is 4.45. The lowest BCUT2D eigenvalue weighted by Crippen LogP contribution is -2.49. The summed E-state index contributed by atoms with van der Waals surface area (Å²) < 4.78 is 10.6. The van der Waals surface area contributed by atoms with Gasteiger partial charge in [-0.25, -0.2) is 4.79 Å². The highest BCUT2D eigenvalue weighted by Gasteiger charge is 2.28. The van der Waals surface area contributed by atoms with Crippen LogP contribution in [0.1, 0.15) is 47.5 Å². The number of hydrogen-bond donors (Lipinski definition) is 1. The zero-order valence-corrected chi connectivity index (χ0v) is 21.3. The van der Waals surface area contributed by atoms with Crippen molar-refractivity contribution >= 4 is 42.0 Å². The van der Waals surface area contributed by atoms with E-state index in [1.165, 1.54) is 0 Å². The maximum Gasteiger partial charge on any atom is 0.410 e. The van der Waals surface area contributed by atoms with Gasteiger partial charge in [0.05, 0.1) is 12.5 Å². The predicted octanol–water partition coefficient (Wildman–Crippen LogP) is 2.96. The summed E-state index contributed by atoms with van der Waals surface area (Å²) in [5, 5.41) is 3.37. The molecular weight excluding hydrogens is 487 g/mol. The molecular formula is C20H39IN4O4. The lowest BCUT2D eigenvalue weighted by molar-refractivity contribution is -0.149. The van der Waals surface area contributed by atoms with Crippen LogP contribution in [0.4, 0.5) is 4.79 Å². The zero-order chi connectivity index (χ0) is 21.3. The summed E-state index contributed by atoms with van der Waals surface area (Å²) in [5.74, 6) is 0.749. The molecule has 2 atom stereocenters. The van der Waals surface area contributed by atoms with Crippen molar-refractivity contribution in [1.82, 2.24) is 15.1 Å². The number of nitrogens with zero attached hydrogens (tertiary/aromatic N) is 3. The van der Waals surface area contributed by atoms with Crippen molar-refractivity contribution in [2.24, 2.45) is 16.8 Å². The molecule has 0 bridgehead atoms. The van der Waals surface area contributed by atoms with Crippen molar-refractivity contribution in [3.05, 3.63) is 0 Å². The number of carbonyl (C=O) groups is 2. The summed E-state index contributed by atoms with van der Waals surface area (Å²) in [6.45, 7) is 12.6. The van der Waals surface area contributed by atoms with Crippen molar-refractivity contribution in [2.45, 2.75) is 53.1 Å². The SMILES string of the molecule is CCOC(=O)C1CCCN(C(=NC)NCC(C)CN(C)C(=O)OC(C)(C)C)C1.I. The van der Waals surface area contributed by atoms with Crippen LogP contribution in [-0.4, -0.2) is 80.3 Å². The van der Waals surface area contributed by atoms with Crippen LogP contribution in [0.25, 0.3) is 0 Å². The number of likely N-dealkylation sites (tertiary alicyclic amines) is 1. The number of nitrogens with one attached hydrogen (secondary N) is 1. The molecule has 1 fully saturated rings. The Balaban J connectivity index is 0.00000784. The average molecular weight is 526 g/mol. The van der Waals surface area contributed by atoms with Gasteiger partial charge in [0, 0.05) is 40.3 Å². The molecule has 1 saturated heterocycles. The van der Waals surface area contributed by atoms with Crippen LogP contribution in [0.15, 0.2) is 4.99 Å². The Morgan fingerprint density at radius 2 is 2.00 bits per heavy atom. The summed E-state index contributed by atoms with van der Waals surface area (Å²) >= 11 is 0. The maximum atomic E-state index is 12.1. The third-order valence-electron chi connectivity index (χ3n) is 4.45. The molecule has 0 saturated carbocycles. The number of piperidine rings is 1. The van der Waals surface area contributed by atoms with Gasteiger partial charge in [0.2, 0.25) is 0 Å². The monoisotopic (exact) mass is 526 g/mol. The molecule has 0 aromatic rings. The molecule has 170 valence electrons. The van der Waals surface area contributed by atoms with E-state index < -0.39 is 5.60 Å². The van der Waals surface area contributed by atoms with Crippen LogP contribution >= 0.6 is 24.0 Å². The highest BCUT2D eigenvalue weighted by Crippen LogP contribution is 2.18. The van der Waals surface area contributed by atoms with Gasteiger partial charge in [0.1, 0.15) is 5.60 Å². The first-order chi connectivity index (χ1) is 13.1. The van der Waals surface area contributed by atoms with Crippen molar-refractivity contribution in [3.8, 4) is 0 Å². The number of amides is 1. The van der Waals surface area contributed by atoms with Crippen LogP contribution in [0.3, 0.4) is 0 Å². The molecule has 2 unspecified atom stereocenters. The van der Waals surface area contributed by atoms with E-state index >= 15 is 0 Å². The molecule has 1 heterocycles. The van der Waals surface area contributed by atoms with Crippen LogP contribution in [-0.2, 0) is 14.3 Å². The fourth-order valence-electron chi connectivity index (χ4n) is 3.17. The minimum atomic E-state index is -0.501. The van der Waals surface area contributed by atoms with E-state index in [1.807, 2.05) is 27.7 Å². The lowest BCUT2D eigenvalue weighted by atomic mass is 9.98. The maximum absolute atomic E-state index is 12.1. The van der Waals surface area contributed by atoms with Gasteiger partial charge < -0.3 is 24.6 Å². The Bertz CT molecular complexity index is 551. The van der Waals surface area contributed by atoms with Crippen molar-refractivity contribution in [3.63, 3.8) is 0 Å². The second kappa shape index (κ2) is 13.1. The fourth-order valence-corrected chi connectivity index (χ4v) is 3.17. The van der Waals surface area contributed by atoms with Gasteiger partial charge >= 0.3 is 12.1 Å². The number of ether oxygens (including phenoxy) is 2. The van der Waals surface area contributed by atoms with E-state index in [9.17, 15) is 9.59 Å². The largest absolute Gasteiger partial charge is 0.466 e. The number of carbonyl (C=O) groups excluding carboxylic acids is 2. The summed E-state index contributed by atoms with van der Waals surface area (Å²) in [6.07, 6.45) is 1.46. The first-order valence-corrected chi connectivity index (χ1v) is 10.1. The molecule has 9 heteroatoms. The van der Waals surface area contributed by atoms with Crippen LogP contribution in [0.2, 0.25) is 0 Å². The van der Waals surface area contributed by atoms with E-state index in [-0.39, 0.29) is 47.9 Å². The van der Waals surface area contributed by atoms with Crippen LogP contribution in [0, 0.1) is 11.8 Å². The second-order valence-electron chi connectivity index (χ2n) is 8.43. The molecule has 1 N–H and O–H groups in total. The molecule has 0 radical (unpaired) electrons. The minimum absolute atomic E-state index is 0. The summed E-state index contributed by atoms with van der Waals surface area (Å²) in [4.78, 5) is 32.2. The zero-order valence-electron chi connectivity index (χ0n) is 19.0. The molecule has 1 amide bonds. The second-order valence-corrected chi connectivity index (χ2v) is 8.43. The standard InChI is InChI=1S/C20H38N4O4.HI/c1-8-27-17(25)16-10-9-11-24(14-16)18(21-6)22-12-15(2)13-23(7)19(26)28-20(3,4)5;/h15-16H,8-14H2,1-7H3,(H,21,22);1H. The fraction of sp³-hybridized carbons (Fsp3) is 0.850. The minimum Gasteiger partial charge on any atom is -0.466 e. The van der Waals surface area contributed by atoms with Gasteiger partial charge in [-0.15, -0.1) is 24.0 Å². The highest BCUT2D eigenvalue weighted by atomic mass is 127. The number of hydrogen-bond acceptors (Lipinski definition) is 5. The quantitative estimate of drug-likeness (QED) is 0.248. The van der Waals surface area contributed by atoms with E-state index in [1.54, 1.807) is 19.0 Å². The molecule has 29 heavy (non-hydrogen) atoms. The van der Waals surface area contributed by atoms with Crippen molar-refractivity contribution in [1.29, 1.82) is 0 Å². The van der Waals surface area contributed by atoms with Gasteiger partial charge in [-0.1, -0.05) is 6.92 Å². The molecule has 0 spiro atoms. The molecule has 1 aliphatic rings. The Morgan fingerprint density at radius 1 is 1.34 bits per heavy atom. The first-order valence-electron chi connectivity index (χ1n) is 10.1. The Labute approximate surface area is 192 Å². The molecule has 0 aromatic carbocycles. The Morgan fingerprint density at radius 3 is 2.55 bits per heavy atom.